The van der Waals surface area contributed by atoms with E-state index in [1.165, 1.54) is 24.1 Å². The Morgan fingerprint density at radius 2 is 2.15 bits per heavy atom. The van der Waals surface area contributed by atoms with Crippen LogP contribution in [-0.4, -0.2) is 29.1 Å². The maximum absolute atomic E-state index is 6.49. The van der Waals surface area contributed by atoms with E-state index in [0.29, 0.717) is 22.6 Å². The van der Waals surface area contributed by atoms with Crippen LogP contribution in [0.2, 0.25) is 0 Å². The van der Waals surface area contributed by atoms with Gasteiger partial charge in [-0.1, -0.05) is 26.8 Å². The lowest BCUT2D eigenvalue weighted by Crippen LogP contribution is -2.35. The summed E-state index contributed by atoms with van der Waals surface area (Å²) in [7, 11) is 0. The van der Waals surface area contributed by atoms with Crippen molar-refractivity contribution in [3.8, 4) is 0 Å². The number of nitrogen functional groups attached to an aromatic ring is 1. The molecule has 1 saturated carbocycles. The highest BCUT2D eigenvalue weighted by atomic mass is 32.1. The van der Waals surface area contributed by atoms with Crippen molar-refractivity contribution in [2.75, 3.05) is 29.0 Å². The highest BCUT2D eigenvalue weighted by Crippen LogP contribution is 2.53. The number of hydrogen-bond acceptors (Lipinski definition) is 6. The van der Waals surface area contributed by atoms with Crippen LogP contribution in [0, 0.1) is 10.8 Å². The van der Waals surface area contributed by atoms with E-state index in [-0.39, 0.29) is 0 Å². The third kappa shape index (κ3) is 3.39. The average Bonchev–Trinajstić information content (AvgIpc) is 3.14. The van der Waals surface area contributed by atoms with E-state index in [1.54, 1.807) is 17.7 Å². The first-order chi connectivity index (χ1) is 12.4. The topological polar surface area (TPSA) is 67.1 Å². The van der Waals surface area contributed by atoms with E-state index in [9.17, 15) is 0 Å². The molecule has 2 unspecified atom stereocenters. The number of aromatic nitrogens is 2. The number of nitrogens with zero attached hydrogens (tertiary/aromatic N) is 3. The van der Waals surface area contributed by atoms with Crippen LogP contribution in [0.5, 0.6) is 0 Å². The molecule has 2 fully saturated rings. The van der Waals surface area contributed by atoms with Gasteiger partial charge in [0, 0.05) is 24.0 Å². The Labute approximate surface area is 160 Å². The first kappa shape index (κ1) is 17.6. The molecule has 2 aromatic rings. The lowest BCUT2D eigenvalue weighted by molar-refractivity contribution is 0.136. The number of anilines is 3. The maximum Gasteiger partial charge on any atom is 0.157 e. The second-order valence-electron chi connectivity index (χ2n) is 9.06. The predicted molar refractivity (Wildman–Crippen MR) is 110 cm³/mol. The van der Waals surface area contributed by atoms with Crippen molar-refractivity contribution in [3.63, 3.8) is 0 Å². The fraction of sp³-hybridized carbons (Fsp3) is 0.600. The fourth-order valence-corrected chi connectivity index (χ4v) is 5.93. The molecule has 2 atom stereocenters. The molecule has 1 aliphatic carbocycles. The predicted octanol–water partition coefficient (Wildman–Crippen LogP) is 4.18. The largest absolute Gasteiger partial charge is 0.393 e. The van der Waals surface area contributed by atoms with Gasteiger partial charge in [0.1, 0.15) is 12.0 Å². The third-order valence-corrected chi connectivity index (χ3v) is 6.73. The SMILES string of the molecule is CC1(C)CC2CC(C)(CN2c2ncnc(NCCc3cccs3)c2N)C1. The van der Waals surface area contributed by atoms with E-state index in [1.807, 2.05) is 0 Å². The molecule has 0 radical (unpaired) electrons. The molecule has 0 amide bonds. The molecule has 140 valence electrons. The van der Waals surface area contributed by atoms with Crippen LogP contribution in [0.4, 0.5) is 17.3 Å². The van der Waals surface area contributed by atoms with Crippen LogP contribution in [0.1, 0.15) is 44.9 Å². The number of fused-ring (bicyclic) bond motifs is 2. The summed E-state index contributed by atoms with van der Waals surface area (Å²) >= 11 is 1.78. The molecular formula is C20H29N5S. The standard InChI is InChI=1S/C20H29N5S/c1-19(2)9-14-10-20(3,11-19)12-25(14)18-16(21)17(23-13-24-18)22-7-6-15-5-4-8-26-15/h4-5,8,13-14H,6-7,9-12,21H2,1-3H3,(H,22,23,24). The van der Waals surface area contributed by atoms with E-state index in [2.05, 4.69) is 58.5 Å². The quantitative estimate of drug-likeness (QED) is 0.825. The number of rotatable bonds is 5. The van der Waals surface area contributed by atoms with Gasteiger partial charge in [0.2, 0.25) is 0 Å². The minimum absolute atomic E-state index is 0.358. The third-order valence-electron chi connectivity index (χ3n) is 5.79. The summed E-state index contributed by atoms with van der Waals surface area (Å²) in [6.45, 7) is 9.06. The van der Waals surface area contributed by atoms with Crippen LogP contribution in [0.25, 0.3) is 0 Å². The second-order valence-corrected chi connectivity index (χ2v) is 10.1. The number of hydrogen-bond donors (Lipinski definition) is 2. The van der Waals surface area contributed by atoms with E-state index in [4.69, 9.17) is 5.73 Å². The minimum Gasteiger partial charge on any atom is -0.393 e. The summed E-state index contributed by atoms with van der Waals surface area (Å²) in [5, 5.41) is 5.52. The maximum atomic E-state index is 6.49. The highest BCUT2D eigenvalue weighted by molar-refractivity contribution is 7.09. The molecule has 1 saturated heterocycles. The van der Waals surface area contributed by atoms with Gasteiger partial charge in [0.25, 0.3) is 0 Å². The summed E-state index contributed by atoms with van der Waals surface area (Å²) in [5.74, 6) is 1.67. The van der Waals surface area contributed by atoms with E-state index >= 15 is 0 Å². The van der Waals surface area contributed by atoms with Gasteiger partial charge in [-0.2, -0.15) is 0 Å². The molecule has 4 rings (SSSR count). The van der Waals surface area contributed by atoms with Crippen molar-refractivity contribution in [2.45, 2.75) is 52.5 Å². The monoisotopic (exact) mass is 371 g/mol. The van der Waals surface area contributed by atoms with Crippen LogP contribution in [0.15, 0.2) is 23.8 Å². The molecule has 0 spiro atoms. The molecule has 3 heterocycles. The molecule has 2 bridgehead atoms. The summed E-state index contributed by atoms with van der Waals surface area (Å²) in [6.07, 6.45) is 6.34. The summed E-state index contributed by atoms with van der Waals surface area (Å²) in [5.41, 5.74) is 7.92. The van der Waals surface area contributed by atoms with Gasteiger partial charge in [-0.15, -0.1) is 11.3 Å². The summed E-state index contributed by atoms with van der Waals surface area (Å²) in [6, 6.07) is 4.78. The van der Waals surface area contributed by atoms with Gasteiger partial charge in [-0.05, 0) is 48.0 Å². The first-order valence-electron chi connectivity index (χ1n) is 9.49. The zero-order chi connectivity index (χ0) is 18.4. The van der Waals surface area contributed by atoms with Gasteiger partial charge < -0.3 is 16.0 Å². The summed E-state index contributed by atoms with van der Waals surface area (Å²) < 4.78 is 0. The van der Waals surface area contributed by atoms with Crippen molar-refractivity contribution in [2.24, 2.45) is 10.8 Å². The van der Waals surface area contributed by atoms with Crippen molar-refractivity contribution < 1.29 is 0 Å². The Hall–Kier alpha value is -1.82. The number of nitrogens with one attached hydrogen (secondary N) is 1. The van der Waals surface area contributed by atoms with Crippen LogP contribution in [0.3, 0.4) is 0 Å². The molecule has 5 nitrogen and oxygen atoms in total. The van der Waals surface area contributed by atoms with Gasteiger partial charge in [-0.25, -0.2) is 9.97 Å². The summed E-state index contributed by atoms with van der Waals surface area (Å²) in [4.78, 5) is 12.8. The Morgan fingerprint density at radius 3 is 2.92 bits per heavy atom. The lowest BCUT2D eigenvalue weighted by atomic mass is 9.65. The van der Waals surface area contributed by atoms with E-state index < -0.39 is 0 Å². The fourth-order valence-electron chi connectivity index (χ4n) is 5.22. The van der Waals surface area contributed by atoms with Crippen LogP contribution < -0.4 is 16.0 Å². The Bertz CT molecular complexity index is 773. The van der Waals surface area contributed by atoms with E-state index in [0.717, 1.165) is 31.1 Å². The Balaban J connectivity index is 1.51. The van der Waals surface area contributed by atoms with Crippen molar-refractivity contribution in [1.29, 1.82) is 0 Å². The molecular weight excluding hydrogens is 342 g/mol. The van der Waals surface area contributed by atoms with Gasteiger partial charge in [-0.3, -0.25) is 0 Å². The molecule has 26 heavy (non-hydrogen) atoms. The van der Waals surface area contributed by atoms with Crippen molar-refractivity contribution in [3.05, 3.63) is 28.7 Å². The smallest absolute Gasteiger partial charge is 0.157 e. The first-order valence-corrected chi connectivity index (χ1v) is 10.4. The number of thiophene rings is 1. The number of nitrogens with two attached hydrogens (primary N) is 1. The Kier molecular flexibility index (Phi) is 4.34. The van der Waals surface area contributed by atoms with Crippen LogP contribution >= 0.6 is 11.3 Å². The van der Waals surface area contributed by atoms with Crippen molar-refractivity contribution in [1.82, 2.24) is 9.97 Å². The lowest BCUT2D eigenvalue weighted by Gasteiger charge is -2.39. The molecule has 2 aliphatic rings. The molecule has 1 aliphatic heterocycles. The van der Waals surface area contributed by atoms with Gasteiger partial charge >= 0.3 is 0 Å². The van der Waals surface area contributed by atoms with Gasteiger partial charge in [0.05, 0.1) is 0 Å². The molecule has 6 heteroatoms. The van der Waals surface area contributed by atoms with Crippen LogP contribution in [-0.2, 0) is 6.42 Å². The molecule has 2 aromatic heterocycles. The zero-order valence-corrected chi connectivity index (χ0v) is 16.8. The van der Waals surface area contributed by atoms with Gasteiger partial charge in [0.15, 0.2) is 11.6 Å². The minimum atomic E-state index is 0.358. The normalized spacial score (nSPS) is 26.9. The van der Waals surface area contributed by atoms with Crippen molar-refractivity contribution >= 4 is 28.7 Å². The average molecular weight is 372 g/mol. The Morgan fingerprint density at radius 1 is 1.31 bits per heavy atom. The molecule has 0 aromatic carbocycles. The second kappa shape index (κ2) is 6.41. The zero-order valence-electron chi connectivity index (χ0n) is 16.0. The molecule has 3 N–H and O–H groups in total. The highest BCUT2D eigenvalue weighted by Gasteiger charge is 2.50.